The van der Waals surface area contributed by atoms with Gasteiger partial charge in [-0.3, -0.25) is 0 Å². The van der Waals surface area contributed by atoms with E-state index in [1.54, 1.807) is 0 Å². The summed E-state index contributed by atoms with van der Waals surface area (Å²) in [5.41, 5.74) is 3.04. The molecule has 114 valence electrons. The Labute approximate surface area is 125 Å². The van der Waals surface area contributed by atoms with E-state index in [4.69, 9.17) is 0 Å². The monoisotopic (exact) mass is 276 g/mol. The van der Waals surface area contributed by atoms with E-state index in [1.165, 1.54) is 30.5 Å². The van der Waals surface area contributed by atoms with Gasteiger partial charge in [0.05, 0.1) is 0 Å². The van der Waals surface area contributed by atoms with Crippen LogP contribution in [0.1, 0.15) is 51.7 Å². The van der Waals surface area contributed by atoms with Gasteiger partial charge < -0.3 is 10.2 Å². The molecule has 0 heterocycles. The fraction of sp³-hybridized carbons (Fsp3) is 0.667. The van der Waals surface area contributed by atoms with Crippen LogP contribution in [0.5, 0.6) is 0 Å². The lowest BCUT2D eigenvalue weighted by Gasteiger charge is -2.20. The van der Waals surface area contributed by atoms with Gasteiger partial charge in [-0.1, -0.05) is 37.6 Å². The van der Waals surface area contributed by atoms with Gasteiger partial charge in [0.15, 0.2) is 0 Å². The lowest BCUT2D eigenvalue weighted by atomic mass is 10.1. The van der Waals surface area contributed by atoms with Gasteiger partial charge in [-0.25, -0.2) is 0 Å². The lowest BCUT2D eigenvalue weighted by Crippen LogP contribution is -2.37. The number of rotatable bonds is 8. The van der Waals surface area contributed by atoms with Crippen LogP contribution in [0.2, 0.25) is 0 Å². The van der Waals surface area contributed by atoms with Gasteiger partial charge in [0.25, 0.3) is 0 Å². The van der Waals surface area contributed by atoms with Crippen molar-refractivity contribution < 1.29 is 0 Å². The molecule has 0 aliphatic rings. The van der Waals surface area contributed by atoms with Gasteiger partial charge in [0.2, 0.25) is 0 Å². The van der Waals surface area contributed by atoms with Crippen LogP contribution < -0.4 is 5.32 Å². The van der Waals surface area contributed by atoms with Crippen LogP contribution in [0.4, 0.5) is 0 Å². The molecule has 1 aromatic carbocycles. The van der Waals surface area contributed by atoms with Crippen molar-refractivity contribution in [2.45, 2.75) is 59.0 Å². The zero-order valence-corrected chi connectivity index (χ0v) is 14.0. The molecule has 20 heavy (non-hydrogen) atoms. The minimum Gasteiger partial charge on any atom is -0.312 e. The van der Waals surface area contributed by atoms with Crippen molar-refractivity contribution in [2.24, 2.45) is 0 Å². The summed E-state index contributed by atoms with van der Waals surface area (Å²) in [6, 6.07) is 9.09. The van der Waals surface area contributed by atoms with E-state index in [0.717, 1.165) is 19.5 Å². The normalized spacial score (nSPS) is 12.1. The molecule has 1 N–H and O–H groups in total. The first-order chi connectivity index (χ1) is 9.40. The van der Waals surface area contributed by atoms with Gasteiger partial charge in [0.1, 0.15) is 0 Å². The van der Waals surface area contributed by atoms with Gasteiger partial charge in [0, 0.05) is 12.1 Å². The Morgan fingerprint density at radius 1 is 1.05 bits per heavy atom. The van der Waals surface area contributed by atoms with Gasteiger partial charge in [-0.15, -0.1) is 0 Å². The van der Waals surface area contributed by atoms with Crippen LogP contribution in [0.3, 0.4) is 0 Å². The maximum absolute atomic E-state index is 3.53. The summed E-state index contributed by atoms with van der Waals surface area (Å²) in [6.07, 6.45) is 3.65. The van der Waals surface area contributed by atoms with Crippen molar-refractivity contribution >= 4 is 0 Å². The highest BCUT2D eigenvalue weighted by Crippen LogP contribution is 2.08. The van der Waals surface area contributed by atoms with Crippen LogP contribution in [0.25, 0.3) is 0 Å². The number of nitrogens with one attached hydrogen (secondary N) is 1. The summed E-state index contributed by atoms with van der Waals surface area (Å²) in [6.45, 7) is 12.2. The quantitative estimate of drug-likeness (QED) is 0.776. The summed E-state index contributed by atoms with van der Waals surface area (Å²) < 4.78 is 0. The molecule has 0 bridgehead atoms. The molecule has 0 aliphatic heterocycles. The SMILES string of the molecule is CCCCN(C)Cc1ccc(CCNC(C)(C)C)cc1. The van der Waals surface area contributed by atoms with Gasteiger partial charge in [-0.05, 0) is 64.9 Å². The van der Waals surface area contributed by atoms with Crippen LogP contribution >= 0.6 is 0 Å². The molecular formula is C18H32N2. The minimum absolute atomic E-state index is 0.210. The molecule has 0 atom stereocenters. The molecular weight excluding hydrogens is 244 g/mol. The molecule has 0 saturated heterocycles. The number of hydrogen-bond acceptors (Lipinski definition) is 2. The third kappa shape index (κ3) is 7.66. The van der Waals surface area contributed by atoms with Crippen LogP contribution in [-0.4, -0.2) is 30.6 Å². The third-order valence-corrected chi connectivity index (χ3v) is 3.44. The Kier molecular flexibility index (Phi) is 7.25. The van der Waals surface area contributed by atoms with Crippen molar-refractivity contribution in [3.05, 3.63) is 35.4 Å². The largest absolute Gasteiger partial charge is 0.312 e. The first-order valence-corrected chi connectivity index (χ1v) is 7.92. The number of hydrogen-bond donors (Lipinski definition) is 1. The van der Waals surface area contributed by atoms with Crippen molar-refractivity contribution in [3.63, 3.8) is 0 Å². The Morgan fingerprint density at radius 2 is 1.65 bits per heavy atom. The highest BCUT2D eigenvalue weighted by Gasteiger charge is 2.07. The Morgan fingerprint density at radius 3 is 2.20 bits per heavy atom. The maximum Gasteiger partial charge on any atom is 0.0230 e. The molecule has 2 nitrogen and oxygen atoms in total. The summed E-state index contributed by atoms with van der Waals surface area (Å²) in [5.74, 6) is 0. The molecule has 0 fully saturated rings. The van der Waals surface area contributed by atoms with Crippen LogP contribution in [-0.2, 0) is 13.0 Å². The molecule has 1 rings (SSSR count). The molecule has 0 amide bonds. The van der Waals surface area contributed by atoms with Gasteiger partial charge in [-0.2, -0.15) is 0 Å². The molecule has 0 unspecified atom stereocenters. The van der Waals surface area contributed by atoms with Crippen molar-refractivity contribution in [1.82, 2.24) is 10.2 Å². The fourth-order valence-corrected chi connectivity index (χ4v) is 2.21. The van der Waals surface area contributed by atoms with E-state index in [1.807, 2.05) is 0 Å². The van der Waals surface area contributed by atoms with Crippen LogP contribution in [0.15, 0.2) is 24.3 Å². The van der Waals surface area contributed by atoms with Crippen molar-refractivity contribution in [2.75, 3.05) is 20.1 Å². The smallest absolute Gasteiger partial charge is 0.0230 e. The molecule has 0 aliphatic carbocycles. The summed E-state index contributed by atoms with van der Waals surface area (Å²) in [7, 11) is 2.21. The predicted octanol–water partition coefficient (Wildman–Crippen LogP) is 3.85. The zero-order valence-electron chi connectivity index (χ0n) is 14.0. The average Bonchev–Trinajstić information content (AvgIpc) is 2.37. The molecule has 0 aromatic heterocycles. The fourth-order valence-electron chi connectivity index (χ4n) is 2.21. The van der Waals surface area contributed by atoms with Crippen LogP contribution in [0, 0.1) is 0 Å². The molecule has 0 saturated carbocycles. The van der Waals surface area contributed by atoms with Crippen molar-refractivity contribution in [1.29, 1.82) is 0 Å². The Balaban J connectivity index is 2.36. The third-order valence-electron chi connectivity index (χ3n) is 3.44. The Hall–Kier alpha value is -0.860. The second-order valence-electron chi connectivity index (χ2n) is 6.83. The highest BCUT2D eigenvalue weighted by atomic mass is 15.1. The first-order valence-electron chi connectivity index (χ1n) is 7.92. The van der Waals surface area contributed by atoms with E-state index >= 15 is 0 Å². The number of nitrogens with zero attached hydrogens (tertiary/aromatic N) is 1. The summed E-state index contributed by atoms with van der Waals surface area (Å²) >= 11 is 0. The number of benzene rings is 1. The van der Waals surface area contributed by atoms with E-state index < -0.39 is 0 Å². The second kappa shape index (κ2) is 8.43. The first kappa shape index (κ1) is 17.2. The molecule has 1 aromatic rings. The molecule has 0 spiro atoms. The molecule has 2 heteroatoms. The van der Waals surface area contributed by atoms with E-state index in [2.05, 4.69) is 69.2 Å². The summed E-state index contributed by atoms with van der Waals surface area (Å²) in [4.78, 5) is 2.40. The van der Waals surface area contributed by atoms with E-state index in [0.29, 0.717) is 0 Å². The van der Waals surface area contributed by atoms with E-state index in [9.17, 15) is 0 Å². The predicted molar refractivity (Wildman–Crippen MR) is 89.1 cm³/mol. The van der Waals surface area contributed by atoms with Crippen molar-refractivity contribution in [3.8, 4) is 0 Å². The zero-order chi connectivity index (χ0) is 15.0. The van der Waals surface area contributed by atoms with E-state index in [-0.39, 0.29) is 5.54 Å². The maximum atomic E-state index is 3.53. The lowest BCUT2D eigenvalue weighted by molar-refractivity contribution is 0.321. The van der Waals surface area contributed by atoms with Gasteiger partial charge >= 0.3 is 0 Å². The minimum atomic E-state index is 0.210. The highest BCUT2D eigenvalue weighted by molar-refractivity contribution is 5.22. The second-order valence-corrected chi connectivity index (χ2v) is 6.83. The Bertz CT molecular complexity index is 362. The summed E-state index contributed by atoms with van der Waals surface area (Å²) in [5, 5.41) is 3.53. The molecule has 0 radical (unpaired) electrons. The average molecular weight is 276 g/mol. The topological polar surface area (TPSA) is 15.3 Å². The number of unbranched alkanes of at least 4 members (excludes halogenated alkanes) is 1. The standard InChI is InChI=1S/C18H32N2/c1-6-7-14-20(5)15-17-10-8-16(9-11-17)12-13-19-18(2,3)4/h8-11,19H,6-7,12-15H2,1-5H3.